The highest BCUT2D eigenvalue weighted by atomic mass is 16.6. The largest absolute Gasteiger partial charge is 0.447 e. The van der Waals surface area contributed by atoms with Gasteiger partial charge >= 0.3 is 12.2 Å². The summed E-state index contributed by atoms with van der Waals surface area (Å²) in [4.78, 5) is 41.9. The second-order valence-electron chi connectivity index (χ2n) is 9.64. The molecule has 4 rings (SSSR count). The molecule has 2 aliphatic rings. The minimum absolute atomic E-state index is 0.165. The Bertz CT molecular complexity index is 1000. The first kappa shape index (κ1) is 22.8. The molecule has 3 atom stereocenters. The second kappa shape index (κ2) is 9.25. The summed E-state index contributed by atoms with van der Waals surface area (Å²) in [5.41, 5.74) is 1.34. The summed E-state index contributed by atoms with van der Waals surface area (Å²) in [7, 11) is 0. The molecule has 0 N–H and O–H groups in total. The number of rotatable bonds is 4. The molecule has 0 aromatic heterocycles. The van der Waals surface area contributed by atoms with E-state index in [9.17, 15) is 14.4 Å². The van der Waals surface area contributed by atoms with Gasteiger partial charge in [0, 0.05) is 19.0 Å². The van der Waals surface area contributed by atoms with Crippen molar-refractivity contribution in [1.29, 1.82) is 0 Å². The lowest BCUT2D eigenvalue weighted by Crippen LogP contribution is -2.45. The minimum Gasteiger partial charge on any atom is -0.447 e. The molecule has 0 radical (unpaired) electrons. The summed E-state index contributed by atoms with van der Waals surface area (Å²) < 4.78 is 10.8. The van der Waals surface area contributed by atoms with Crippen molar-refractivity contribution in [2.24, 2.45) is 5.92 Å². The SMILES string of the molecule is CC(C)(C)OC(=O)N1CC(C(=O)N2C(=O)OCC2Cc2ccccc2)C(c2ccccc2)C1. The van der Waals surface area contributed by atoms with Crippen molar-refractivity contribution < 1.29 is 23.9 Å². The van der Waals surface area contributed by atoms with E-state index in [1.807, 2.05) is 81.4 Å². The van der Waals surface area contributed by atoms with Crippen molar-refractivity contribution in [3.8, 4) is 0 Å². The van der Waals surface area contributed by atoms with Gasteiger partial charge in [0.15, 0.2) is 0 Å². The van der Waals surface area contributed by atoms with Crippen LogP contribution in [-0.2, 0) is 20.7 Å². The first-order valence-electron chi connectivity index (χ1n) is 11.3. The van der Waals surface area contributed by atoms with E-state index in [0.29, 0.717) is 13.0 Å². The third-order valence-corrected chi connectivity index (χ3v) is 6.03. The van der Waals surface area contributed by atoms with Gasteiger partial charge in [0.25, 0.3) is 0 Å². The molecule has 0 spiro atoms. The van der Waals surface area contributed by atoms with Crippen LogP contribution in [0.2, 0.25) is 0 Å². The molecule has 7 nitrogen and oxygen atoms in total. The maximum atomic E-state index is 13.7. The smallest absolute Gasteiger partial charge is 0.416 e. The van der Waals surface area contributed by atoms with Crippen LogP contribution in [0.1, 0.15) is 37.8 Å². The van der Waals surface area contributed by atoms with Gasteiger partial charge in [-0.1, -0.05) is 60.7 Å². The number of carbonyl (C=O) groups excluding carboxylic acids is 3. The average Bonchev–Trinajstić information content (AvgIpc) is 3.38. The Kier molecular flexibility index (Phi) is 6.40. The number of nitrogens with zero attached hydrogens (tertiary/aromatic N) is 2. The Morgan fingerprint density at radius 1 is 1.00 bits per heavy atom. The van der Waals surface area contributed by atoms with Crippen LogP contribution >= 0.6 is 0 Å². The molecule has 0 saturated carbocycles. The van der Waals surface area contributed by atoms with Crippen LogP contribution in [0.3, 0.4) is 0 Å². The van der Waals surface area contributed by atoms with Crippen LogP contribution in [0.15, 0.2) is 60.7 Å². The number of carbonyl (C=O) groups is 3. The van der Waals surface area contributed by atoms with Crippen molar-refractivity contribution in [2.75, 3.05) is 19.7 Å². The van der Waals surface area contributed by atoms with Crippen LogP contribution in [0.4, 0.5) is 9.59 Å². The van der Waals surface area contributed by atoms with Crippen LogP contribution in [0, 0.1) is 5.92 Å². The molecular formula is C26H30N2O5. The number of amides is 3. The van der Waals surface area contributed by atoms with E-state index >= 15 is 0 Å². The van der Waals surface area contributed by atoms with Gasteiger partial charge in [-0.2, -0.15) is 0 Å². The van der Waals surface area contributed by atoms with E-state index in [4.69, 9.17) is 9.47 Å². The van der Waals surface area contributed by atoms with E-state index in [2.05, 4.69) is 0 Å². The molecule has 2 heterocycles. The zero-order chi connectivity index (χ0) is 23.6. The molecule has 7 heteroatoms. The fraction of sp³-hybridized carbons (Fsp3) is 0.423. The third-order valence-electron chi connectivity index (χ3n) is 6.03. The Hall–Kier alpha value is -3.35. The lowest BCUT2D eigenvalue weighted by atomic mass is 9.87. The van der Waals surface area contributed by atoms with Gasteiger partial charge in [0.2, 0.25) is 5.91 Å². The molecule has 2 saturated heterocycles. The summed E-state index contributed by atoms with van der Waals surface area (Å²) in [5, 5.41) is 0. The van der Waals surface area contributed by atoms with Crippen molar-refractivity contribution in [3.05, 3.63) is 71.8 Å². The van der Waals surface area contributed by atoms with Crippen LogP contribution in [0.25, 0.3) is 0 Å². The van der Waals surface area contributed by atoms with Crippen LogP contribution in [0.5, 0.6) is 0 Å². The summed E-state index contributed by atoms with van der Waals surface area (Å²) in [5.74, 6) is -1.11. The molecule has 174 valence electrons. The molecular weight excluding hydrogens is 420 g/mol. The second-order valence-corrected chi connectivity index (χ2v) is 9.64. The highest BCUT2D eigenvalue weighted by molar-refractivity contribution is 5.96. The zero-order valence-electron chi connectivity index (χ0n) is 19.3. The average molecular weight is 451 g/mol. The number of hydrogen-bond donors (Lipinski definition) is 0. The minimum atomic E-state index is -0.638. The fourth-order valence-corrected chi connectivity index (χ4v) is 4.51. The first-order valence-corrected chi connectivity index (χ1v) is 11.3. The van der Waals surface area contributed by atoms with Gasteiger partial charge in [-0.15, -0.1) is 0 Å². The van der Waals surface area contributed by atoms with E-state index in [-0.39, 0.29) is 31.0 Å². The maximum Gasteiger partial charge on any atom is 0.416 e. The Balaban J connectivity index is 1.58. The van der Waals surface area contributed by atoms with E-state index in [1.54, 1.807) is 4.90 Å². The van der Waals surface area contributed by atoms with Crippen LogP contribution in [-0.4, -0.2) is 59.2 Å². The molecule has 2 aliphatic heterocycles. The van der Waals surface area contributed by atoms with Gasteiger partial charge in [-0.05, 0) is 38.3 Å². The number of hydrogen-bond acceptors (Lipinski definition) is 5. The lowest BCUT2D eigenvalue weighted by molar-refractivity contribution is -0.133. The van der Waals surface area contributed by atoms with Crippen LogP contribution < -0.4 is 0 Å². The van der Waals surface area contributed by atoms with E-state index in [0.717, 1.165) is 11.1 Å². The van der Waals surface area contributed by atoms with Crippen molar-refractivity contribution in [2.45, 2.75) is 44.8 Å². The van der Waals surface area contributed by atoms with Crippen molar-refractivity contribution in [1.82, 2.24) is 9.80 Å². The highest BCUT2D eigenvalue weighted by Gasteiger charge is 2.48. The topological polar surface area (TPSA) is 76.2 Å². The Morgan fingerprint density at radius 2 is 1.64 bits per heavy atom. The molecule has 2 aromatic rings. The molecule has 3 unspecified atom stereocenters. The van der Waals surface area contributed by atoms with Gasteiger partial charge in [0.05, 0.1) is 12.0 Å². The van der Waals surface area contributed by atoms with Gasteiger partial charge < -0.3 is 14.4 Å². The zero-order valence-corrected chi connectivity index (χ0v) is 19.3. The molecule has 33 heavy (non-hydrogen) atoms. The maximum absolute atomic E-state index is 13.7. The summed E-state index contributed by atoms with van der Waals surface area (Å²) in [6.07, 6.45) is -0.552. The fourth-order valence-electron chi connectivity index (χ4n) is 4.51. The van der Waals surface area contributed by atoms with E-state index in [1.165, 1.54) is 4.90 Å². The van der Waals surface area contributed by atoms with Gasteiger partial charge in [-0.3, -0.25) is 4.79 Å². The quantitative estimate of drug-likeness (QED) is 0.697. The monoisotopic (exact) mass is 450 g/mol. The predicted molar refractivity (Wildman–Crippen MR) is 123 cm³/mol. The molecule has 0 bridgehead atoms. The molecule has 2 fully saturated rings. The highest BCUT2D eigenvalue weighted by Crippen LogP contribution is 2.36. The lowest BCUT2D eigenvalue weighted by Gasteiger charge is -2.26. The number of likely N-dealkylation sites (tertiary alicyclic amines) is 1. The molecule has 3 amide bonds. The summed E-state index contributed by atoms with van der Waals surface area (Å²) in [6.45, 7) is 6.14. The molecule has 2 aromatic carbocycles. The summed E-state index contributed by atoms with van der Waals surface area (Å²) >= 11 is 0. The first-order chi connectivity index (χ1) is 15.7. The number of imide groups is 1. The third kappa shape index (κ3) is 5.18. The van der Waals surface area contributed by atoms with Crippen molar-refractivity contribution >= 4 is 18.1 Å². The summed E-state index contributed by atoms with van der Waals surface area (Å²) in [6, 6.07) is 19.0. The Labute approximate surface area is 194 Å². The molecule has 0 aliphatic carbocycles. The van der Waals surface area contributed by atoms with Crippen molar-refractivity contribution in [3.63, 3.8) is 0 Å². The van der Waals surface area contributed by atoms with E-state index < -0.39 is 23.7 Å². The normalized spacial score (nSPS) is 22.9. The number of cyclic esters (lactones) is 1. The predicted octanol–water partition coefficient (Wildman–Crippen LogP) is 4.23. The van der Waals surface area contributed by atoms with Gasteiger partial charge in [0.1, 0.15) is 12.2 Å². The standard InChI is InChI=1S/C26H30N2O5/c1-26(2,3)33-24(30)27-15-21(19-12-8-5-9-13-19)22(16-27)23(29)28-20(17-32-25(28)31)14-18-10-6-4-7-11-18/h4-13,20-22H,14-17H2,1-3H3. The Morgan fingerprint density at radius 3 is 2.27 bits per heavy atom. The number of benzene rings is 2. The number of ether oxygens (including phenoxy) is 2. The van der Waals surface area contributed by atoms with Gasteiger partial charge in [-0.25, -0.2) is 14.5 Å².